The Bertz CT molecular complexity index is 982. The second kappa shape index (κ2) is 6.18. The molecule has 26 heavy (non-hydrogen) atoms. The lowest BCUT2D eigenvalue weighted by Gasteiger charge is -2.34. The monoisotopic (exact) mass is 362 g/mol. The van der Waals surface area contributed by atoms with Crippen LogP contribution in [0.2, 0.25) is 0 Å². The van der Waals surface area contributed by atoms with Crippen molar-refractivity contribution in [3.63, 3.8) is 0 Å². The molecule has 0 saturated carbocycles. The summed E-state index contributed by atoms with van der Waals surface area (Å²) in [6.45, 7) is 2.26. The van der Waals surface area contributed by atoms with Crippen LogP contribution in [0.5, 0.6) is 11.5 Å². The zero-order chi connectivity index (χ0) is 17.5. The maximum absolute atomic E-state index is 11.3. The Hall–Kier alpha value is -2.79. The van der Waals surface area contributed by atoms with Crippen molar-refractivity contribution in [2.45, 2.75) is 13.0 Å². The molecule has 1 aromatic heterocycles. The maximum atomic E-state index is 11.3. The van der Waals surface area contributed by atoms with Crippen molar-refractivity contribution < 1.29 is 9.53 Å². The normalized spacial score (nSPS) is 14.9. The first-order valence-electron chi connectivity index (χ1n) is 8.76. The van der Waals surface area contributed by atoms with E-state index in [9.17, 15) is 4.79 Å². The summed E-state index contributed by atoms with van der Waals surface area (Å²) in [5, 5.41) is 2.18. The fourth-order valence-electron chi connectivity index (χ4n) is 3.75. The average Bonchev–Trinajstić information content (AvgIpc) is 3.15. The van der Waals surface area contributed by atoms with Gasteiger partial charge in [0.1, 0.15) is 6.29 Å². The van der Waals surface area contributed by atoms with Crippen molar-refractivity contribution in [1.29, 1.82) is 0 Å². The van der Waals surface area contributed by atoms with Crippen molar-refractivity contribution in [3.8, 4) is 11.5 Å². The molecule has 0 aliphatic carbocycles. The van der Waals surface area contributed by atoms with Crippen molar-refractivity contribution in [1.82, 2.24) is 0 Å². The van der Waals surface area contributed by atoms with Gasteiger partial charge in [-0.15, -0.1) is 11.3 Å². The van der Waals surface area contributed by atoms with E-state index < -0.39 is 0 Å². The predicted molar refractivity (Wildman–Crippen MR) is 105 cm³/mol. The SMILES string of the molecule is O=CCN1c2ccccc2Oc2ccc(N3CCc4sccc4C3)cc21. The fourth-order valence-corrected chi connectivity index (χ4v) is 4.64. The van der Waals surface area contributed by atoms with E-state index in [2.05, 4.69) is 28.5 Å². The van der Waals surface area contributed by atoms with E-state index in [1.807, 2.05) is 46.6 Å². The van der Waals surface area contributed by atoms with Gasteiger partial charge in [0.15, 0.2) is 11.5 Å². The van der Waals surface area contributed by atoms with Gasteiger partial charge in [0, 0.05) is 23.7 Å². The van der Waals surface area contributed by atoms with Gasteiger partial charge in [-0.2, -0.15) is 0 Å². The first kappa shape index (κ1) is 15.5. The fraction of sp³-hybridized carbons (Fsp3) is 0.190. The molecular formula is C21H18N2O2S. The lowest BCUT2D eigenvalue weighted by atomic mass is 10.1. The number of hydrogen-bond acceptors (Lipinski definition) is 5. The highest BCUT2D eigenvalue weighted by molar-refractivity contribution is 7.10. The number of carbonyl (C=O) groups is 1. The van der Waals surface area contributed by atoms with Gasteiger partial charge in [0.05, 0.1) is 17.9 Å². The zero-order valence-corrected chi connectivity index (χ0v) is 15.0. The van der Waals surface area contributed by atoms with Gasteiger partial charge in [-0.3, -0.25) is 0 Å². The van der Waals surface area contributed by atoms with E-state index in [1.165, 1.54) is 16.1 Å². The Balaban J connectivity index is 1.53. The quantitative estimate of drug-likeness (QED) is 0.629. The van der Waals surface area contributed by atoms with Crippen molar-refractivity contribution in [2.75, 3.05) is 22.9 Å². The molecule has 0 unspecified atom stereocenters. The number of benzene rings is 2. The number of nitrogens with zero attached hydrogens (tertiary/aromatic N) is 2. The van der Waals surface area contributed by atoms with E-state index >= 15 is 0 Å². The van der Waals surface area contributed by atoms with Crippen molar-refractivity contribution in [2.24, 2.45) is 0 Å². The predicted octanol–water partition coefficient (Wildman–Crippen LogP) is 4.75. The number of thiophene rings is 1. The third-order valence-electron chi connectivity index (χ3n) is 5.04. The average molecular weight is 362 g/mol. The Morgan fingerprint density at radius 3 is 2.88 bits per heavy atom. The summed E-state index contributed by atoms with van der Waals surface area (Å²) in [7, 11) is 0. The second-order valence-electron chi connectivity index (χ2n) is 6.54. The lowest BCUT2D eigenvalue weighted by Crippen LogP contribution is -2.30. The summed E-state index contributed by atoms with van der Waals surface area (Å²) in [6.07, 6.45) is 2.03. The molecule has 0 bridgehead atoms. The number of fused-ring (bicyclic) bond motifs is 3. The molecular weight excluding hydrogens is 344 g/mol. The van der Waals surface area contributed by atoms with Gasteiger partial charge in [0.2, 0.25) is 0 Å². The highest BCUT2D eigenvalue weighted by Gasteiger charge is 2.25. The Kier molecular flexibility index (Phi) is 3.68. The molecule has 0 radical (unpaired) electrons. The summed E-state index contributed by atoms with van der Waals surface area (Å²) in [4.78, 5) is 17.2. The van der Waals surface area contributed by atoms with Crippen LogP contribution in [0, 0.1) is 0 Å². The van der Waals surface area contributed by atoms with E-state index in [0.29, 0.717) is 6.54 Å². The Morgan fingerprint density at radius 2 is 1.96 bits per heavy atom. The maximum Gasteiger partial charge on any atom is 0.151 e. The van der Waals surface area contributed by atoms with Crippen LogP contribution in [0.3, 0.4) is 0 Å². The number of hydrogen-bond donors (Lipinski definition) is 0. The van der Waals surface area contributed by atoms with Crippen LogP contribution in [-0.4, -0.2) is 19.4 Å². The number of anilines is 3. The van der Waals surface area contributed by atoms with Crippen LogP contribution >= 0.6 is 11.3 Å². The molecule has 0 N–H and O–H groups in total. The first-order chi connectivity index (χ1) is 12.8. The Labute approximate surface area is 156 Å². The van der Waals surface area contributed by atoms with Crippen LogP contribution in [0.4, 0.5) is 17.1 Å². The number of rotatable bonds is 3. The molecule has 4 nitrogen and oxygen atoms in total. The summed E-state index contributed by atoms with van der Waals surface area (Å²) in [5.74, 6) is 1.58. The molecule has 2 aliphatic rings. The van der Waals surface area contributed by atoms with Crippen LogP contribution < -0.4 is 14.5 Å². The summed E-state index contributed by atoms with van der Waals surface area (Å²) in [6, 6.07) is 16.3. The lowest BCUT2D eigenvalue weighted by molar-refractivity contribution is -0.106. The topological polar surface area (TPSA) is 32.8 Å². The number of aldehydes is 1. The van der Waals surface area contributed by atoms with Gasteiger partial charge < -0.3 is 19.3 Å². The molecule has 5 heteroatoms. The minimum Gasteiger partial charge on any atom is -0.453 e. The van der Waals surface area contributed by atoms with Crippen molar-refractivity contribution >= 4 is 34.7 Å². The number of carbonyl (C=O) groups excluding carboxylic acids is 1. The molecule has 2 aromatic carbocycles. The molecule has 130 valence electrons. The minimum absolute atomic E-state index is 0.311. The standard InChI is InChI=1S/C21H18N2O2S/c24-11-10-23-17-3-1-2-4-19(17)25-20-6-5-16(13-18(20)23)22-9-7-21-15(14-22)8-12-26-21/h1-6,8,11-13H,7,9-10,14H2. The molecule has 0 spiro atoms. The van der Waals surface area contributed by atoms with Gasteiger partial charge in [-0.05, 0) is 53.8 Å². The highest BCUT2D eigenvalue weighted by Crippen LogP contribution is 2.47. The molecule has 2 aliphatic heterocycles. The third-order valence-corrected chi connectivity index (χ3v) is 6.06. The molecule has 0 saturated heterocycles. The molecule has 0 fully saturated rings. The molecule has 3 aromatic rings. The summed E-state index contributed by atoms with van der Waals surface area (Å²) < 4.78 is 6.07. The smallest absolute Gasteiger partial charge is 0.151 e. The van der Waals surface area contributed by atoms with Crippen LogP contribution in [0.15, 0.2) is 53.9 Å². The molecule has 0 atom stereocenters. The molecule has 0 amide bonds. The largest absolute Gasteiger partial charge is 0.453 e. The third kappa shape index (κ3) is 2.47. The van der Waals surface area contributed by atoms with Gasteiger partial charge >= 0.3 is 0 Å². The van der Waals surface area contributed by atoms with E-state index in [-0.39, 0.29) is 0 Å². The van der Waals surface area contributed by atoms with Gasteiger partial charge in [-0.25, -0.2) is 0 Å². The number of para-hydroxylation sites is 2. The van der Waals surface area contributed by atoms with E-state index in [1.54, 1.807) is 0 Å². The highest BCUT2D eigenvalue weighted by atomic mass is 32.1. The number of ether oxygens (including phenoxy) is 1. The summed E-state index contributed by atoms with van der Waals surface area (Å²) >= 11 is 1.85. The summed E-state index contributed by atoms with van der Waals surface area (Å²) in [5.41, 5.74) is 4.47. The Morgan fingerprint density at radius 1 is 1.08 bits per heavy atom. The van der Waals surface area contributed by atoms with E-state index in [4.69, 9.17) is 4.74 Å². The zero-order valence-electron chi connectivity index (χ0n) is 14.2. The van der Waals surface area contributed by atoms with Crippen LogP contribution in [-0.2, 0) is 17.8 Å². The van der Waals surface area contributed by atoms with E-state index in [0.717, 1.165) is 48.7 Å². The van der Waals surface area contributed by atoms with Gasteiger partial charge in [-0.1, -0.05) is 12.1 Å². The molecule has 3 heterocycles. The molecule has 5 rings (SSSR count). The van der Waals surface area contributed by atoms with Gasteiger partial charge in [0.25, 0.3) is 0 Å². The van der Waals surface area contributed by atoms with Crippen LogP contribution in [0.25, 0.3) is 0 Å². The first-order valence-corrected chi connectivity index (χ1v) is 9.64. The van der Waals surface area contributed by atoms with Crippen molar-refractivity contribution in [3.05, 3.63) is 64.4 Å². The second-order valence-corrected chi connectivity index (χ2v) is 7.54. The van der Waals surface area contributed by atoms with Crippen LogP contribution in [0.1, 0.15) is 10.4 Å². The minimum atomic E-state index is 0.311.